The van der Waals surface area contributed by atoms with E-state index < -0.39 is 11.3 Å². The molecule has 0 saturated heterocycles. The zero-order chi connectivity index (χ0) is 17.4. The standard InChI is InChI=1S/C19H17ClO4/c1-2-17(21)24-12-11-23-16-10-6-9-15(13-16)18(20)19(22)14-7-4-3-5-8-14/h2-10,13,18H,1,11-12H2. The summed E-state index contributed by atoms with van der Waals surface area (Å²) in [6.45, 7) is 3.62. The average Bonchev–Trinajstić information content (AvgIpc) is 2.64. The van der Waals surface area contributed by atoms with Crippen LogP contribution in [0.25, 0.3) is 0 Å². The van der Waals surface area contributed by atoms with Crippen LogP contribution in [0.15, 0.2) is 67.3 Å². The van der Waals surface area contributed by atoms with Crippen LogP contribution in [0.3, 0.4) is 0 Å². The Balaban J connectivity index is 1.97. The van der Waals surface area contributed by atoms with Crippen molar-refractivity contribution < 1.29 is 19.1 Å². The molecule has 0 bridgehead atoms. The largest absolute Gasteiger partial charge is 0.490 e. The van der Waals surface area contributed by atoms with E-state index in [2.05, 4.69) is 6.58 Å². The predicted octanol–water partition coefficient (Wildman–Crippen LogP) is 3.96. The summed E-state index contributed by atoms with van der Waals surface area (Å²) in [6.07, 6.45) is 1.09. The zero-order valence-electron chi connectivity index (χ0n) is 13.0. The smallest absolute Gasteiger partial charge is 0.330 e. The van der Waals surface area contributed by atoms with E-state index >= 15 is 0 Å². The number of hydrogen-bond donors (Lipinski definition) is 0. The second kappa shape index (κ2) is 8.89. The van der Waals surface area contributed by atoms with Crippen molar-refractivity contribution in [3.05, 3.63) is 78.4 Å². The van der Waals surface area contributed by atoms with E-state index in [4.69, 9.17) is 21.1 Å². The third-order valence-corrected chi connectivity index (χ3v) is 3.65. The fourth-order valence-electron chi connectivity index (χ4n) is 2.02. The van der Waals surface area contributed by atoms with E-state index in [1.54, 1.807) is 48.5 Å². The van der Waals surface area contributed by atoms with Gasteiger partial charge in [-0.3, -0.25) is 4.79 Å². The molecular formula is C19H17ClO4. The topological polar surface area (TPSA) is 52.6 Å². The molecule has 24 heavy (non-hydrogen) atoms. The van der Waals surface area contributed by atoms with Crippen LogP contribution in [0.4, 0.5) is 0 Å². The molecule has 1 unspecified atom stereocenters. The van der Waals surface area contributed by atoms with Gasteiger partial charge in [-0.2, -0.15) is 0 Å². The molecule has 0 aliphatic carbocycles. The van der Waals surface area contributed by atoms with Gasteiger partial charge in [-0.1, -0.05) is 49.0 Å². The van der Waals surface area contributed by atoms with Crippen molar-refractivity contribution in [2.75, 3.05) is 13.2 Å². The van der Waals surface area contributed by atoms with E-state index in [1.165, 1.54) is 0 Å². The first-order valence-corrected chi connectivity index (χ1v) is 7.80. The number of rotatable bonds is 8. The number of ketones is 1. The molecule has 124 valence electrons. The Labute approximate surface area is 145 Å². The number of benzene rings is 2. The molecule has 0 fully saturated rings. The highest BCUT2D eigenvalue weighted by Gasteiger charge is 2.19. The molecular weight excluding hydrogens is 328 g/mol. The molecule has 0 radical (unpaired) electrons. The Morgan fingerprint density at radius 2 is 1.83 bits per heavy atom. The summed E-state index contributed by atoms with van der Waals surface area (Å²) < 4.78 is 10.3. The van der Waals surface area contributed by atoms with E-state index in [-0.39, 0.29) is 19.0 Å². The van der Waals surface area contributed by atoms with Crippen LogP contribution < -0.4 is 4.74 Å². The molecule has 5 heteroatoms. The van der Waals surface area contributed by atoms with Gasteiger partial charge in [0, 0.05) is 11.6 Å². The summed E-state index contributed by atoms with van der Waals surface area (Å²) >= 11 is 6.30. The van der Waals surface area contributed by atoms with Crippen LogP contribution >= 0.6 is 11.6 Å². The Morgan fingerprint density at radius 3 is 2.54 bits per heavy atom. The van der Waals surface area contributed by atoms with E-state index in [0.29, 0.717) is 16.9 Å². The molecule has 0 saturated carbocycles. The van der Waals surface area contributed by atoms with Crippen LogP contribution in [-0.2, 0) is 9.53 Å². The van der Waals surface area contributed by atoms with Crippen molar-refractivity contribution in [3.8, 4) is 5.75 Å². The maximum Gasteiger partial charge on any atom is 0.330 e. The second-order valence-corrected chi connectivity index (χ2v) is 5.32. The maximum absolute atomic E-state index is 12.4. The van der Waals surface area contributed by atoms with Crippen LogP contribution in [0.1, 0.15) is 21.3 Å². The van der Waals surface area contributed by atoms with Crippen molar-refractivity contribution in [2.24, 2.45) is 0 Å². The second-order valence-electron chi connectivity index (χ2n) is 4.89. The average molecular weight is 345 g/mol. The highest BCUT2D eigenvalue weighted by Crippen LogP contribution is 2.27. The third-order valence-electron chi connectivity index (χ3n) is 3.20. The number of Topliss-reactive ketones (excluding diaryl/α,β-unsaturated/α-hetero) is 1. The van der Waals surface area contributed by atoms with Crippen LogP contribution in [0.5, 0.6) is 5.75 Å². The van der Waals surface area contributed by atoms with Gasteiger partial charge in [0.15, 0.2) is 5.78 Å². The van der Waals surface area contributed by atoms with E-state index in [9.17, 15) is 9.59 Å². The number of alkyl halides is 1. The molecule has 2 aromatic rings. The molecule has 1 atom stereocenters. The van der Waals surface area contributed by atoms with Crippen molar-refractivity contribution in [1.29, 1.82) is 0 Å². The minimum atomic E-state index is -0.797. The minimum Gasteiger partial charge on any atom is -0.490 e. The molecule has 2 aromatic carbocycles. The van der Waals surface area contributed by atoms with Gasteiger partial charge >= 0.3 is 5.97 Å². The monoisotopic (exact) mass is 344 g/mol. The lowest BCUT2D eigenvalue weighted by atomic mass is 10.0. The van der Waals surface area contributed by atoms with Gasteiger partial charge in [-0.15, -0.1) is 11.6 Å². The fraction of sp³-hybridized carbons (Fsp3) is 0.158. The Bertz CT molecular complexity index is 712. The van der Waals surface area contributed by atoms with E-state index in [0.717, 1.165) is 6.08 Å². The van der Waals surface area contributed by atoms with Crippen molar-refractivity contribution in [3.63, 3.8) is 0 Å². The first-order valence-electron chi connectivity index (χ1n) is 7.37. The summed E-state index contributed by atoms with van der Waals surface area (Å²) in [6, 6.07) is 15.9. The quantitative estimate of drug-likeness (QED) is 0.239. The summed E-state index contributed by atoms with van der Waals surface area (Å²) in [5, 5.41) is -0.797. The van der Waals surface area contributed by atoms with Crippen LogP contribution in [0.2, 0.25) is 0 Å². The van der Waals surface area contributed by atoms with Crippen LogP contribution in [-0.4, -0.2) is 25.0 Å². The molecule has 0 aliphatic heterocycles. The highest BCUT2D eigenvalue weighted by molar-refractivity contribution is 6.33. The third kappa shape index (κ3) is 4.96. The number of hydrogen-bond acceptors (Lipinski definition) is 4. The minimum absolute atomic E-state index is 0.113. The zero-order valence-corrected chi connectivity index (χ0v) is 13.7. The van der Waals surface area contributed by atoms with Gasteiger partial charge in [0.2, 0.25) is 0 Å². The van der Waals surface area contributed by atoms with Gasteiger partial charge in [0.05, 0.1) is 0 Å². The number of halogens is 1. The number of esters is 1. The maximum atomic E-state index is 12.4. The Morgan fingerprint density at radius 1 is 1.08 bits per heavy atom. The first-order chi connectivity index (χ1) is 11.6. The van der Waals surface area contributed by atoms with Gasteiger partial charge in [-0.05, 0) is 17.7 Å². The molecule has 0 aromatic heterocycles. The summed E-state index contributed by atoms with van der Waals surface area (Å²) in [4.78, 5) is 23.3. The molecule has 0 heterocycles. The fourth-order valence-corrected chi connectivity index (χ4v) is 2.28. The number of carbonyl (C=O) groups excluding carboxylic acids is 2. The van der Waals surface area contributed by atoms with E-state index in [1.807, 2.05) is 6.07 Å². The Hall–Kier alpha value is -2.59. The number of ether oxygens (including phenoxy) is 2. The van der Waals surface area contributed by atoms with Gasteiger partial charge in [-0.25, -0.2) is 4.79 Å². The summed E-state index contributed by atoms with van der Waals surface area (Å²) in [5.74, 6) is -0.121. The lowest BCUT2D eigenvalue weighted by Crippen LogP contribution is -2.11. The molecule has 0 amide bonds. The summed E-state index contributed by atoms with van der Waals surface area (Å²) in [5.41, 5.74) is 1.20. The Kier molecular flexibility index (Phi) is 6.58. The highest BCUT2D eigenvalue weighted by atomic mass is 35.5. The molecule has 0 aliphatic rings. The van der Waals surface area contributed by atoms with Crippen molar-refractivity contribution >= 4 is 23.4 Å². The summed E-state index contributed by atoms with van der Waals surface area (Å²) in [7, 11) is 0. The van der Waals surface area contributed by atoms with Crippen LogP contribution in [0, 0.1) is 0 Å². The molecule has 0 N–H and O–H groups in total. The first kappa shape index (κ1) is 17.8. The normalized spacial score (nSPS) is 11.4. The SMILES string of the molecule is C=CC(=O)OCCOc1cccc(C(Cl)C(=O)c2ccccc2)c1. The lowest BCUT2D eigenvalue weighted by Gasteiger charge is -2.12. The van der Waals surface area contributed by atoms with Crippen molar-refractivity contribution in [2.45, 2.75) is 5.38 Å². The molecule has 4 nitrogen and oxygen atoms in total. The lowest BCUT2D eigenvalue weighted by molar-refractivity contribution is -0.138. The van der Waals surface area contributed by atoms with Gasteiger partial charge in [0.1, 0.15) is 24.3 Å². The molecule has 2 rings (SSSR count). The number of carbonyl (C=O) groups is 2. The predicted molar refractivity (Wildman–Crippen MR) is 92.5 cm³/mol. The van der Waals surface area contributed by atoms with Crippen molar-refractivity contribution in [1.82, 2.24) is 0 Å². The van der Waals surface area contributed by atoms with Gasteiger partial charge in [0.25, 0.3) is 0 Å². The van der Waals surface area contributed by atoms with Gasteiger partial charge < -0.3 is 9.47 Å². The molecule has 0 spiro atoms.